The van der Waals surface area contributed by atoms with E-state index >= 15 is 0 Å². The number of rotatable bonds is 2. The number of nitrogens with zero attached hydrogens (tertiary/aromatic N) is 5. The fourth-order valence-electron chi connectivity index (χ4n) is 5.19. The molecule has 1 saturated carbocycles. The minimum Gasteiger partial charge on any atom is -0.624 e. The van der Waals surface area contributed by atoms with Crippen molar-refractivity contribution in [2.24, 2.45) is 12.5 Å². The largest absolute Gasteiger partial charge is 0.624 e. The number of likely N-dealkylation sites (tertiary alicyclic amines) is 1. The van der Waals surface area contributed by atoms with Crippen LogP contribution >= 0.6 is 0 Å². The lowest BCUT2D eigenvalue weighted by atomic mass is 9.46. The number of aromatic nitrogens is 5. The molecule has 2 amide bonds. The van der Waals surface area contributed by atoms with Gasteiger partial charge in [0, 0.05) is 19.7 Å². The zero-order valence-corrected chi connectivity index (χ0v) is 16.0. The van der Waals surface area contributed by atoms with Crippen LogP contribution in [0.5, 0.6) is 0 Å². The predicted molar refractivity (Wildman–Crippen MR) is 103 cm³/mol. The van der Waals surface area contributed by atoms with Gasteiger partial charge in [-0.05, 0) is 19.4 Å². The number of amides is 2. The lowest BCUT2D eigenvalue weighted by molar-refractivity contribution is -0.957. The minimum atomic E-state index is -1.22. The molecule has 2 fully saturated rings. The van der Waals surface area contributed by atoms with Gasteiger partial charge in [0.1, 0.15) is 11.5 Å². The number of carbonyl (C=O) groups excluding carboxylic acids is 2. The molecule has 1 unspecified atom stereocenters. The van der Waals surface area contributed by atoms with Gasteiger partial charge in [-0.1, -0.05) is 0 Å². The van der Waals surface area contributed by atoms with Gasteiger partial charge in [-0.2, -0.15) is 10.2 Å². The molecule has 0 spiro atoms. The number of aryl methyl sites for hydroxylation is 1. The van der Waals surface area contributed by atoms with Crippen LogP contribution in [0.1, 0.15) is 25.5 Å². The van der Waals surface area contributed by atoms with E-state index in [2.05, 4.69) is 25.6 Å². The van der Waals surface area contributed by atoms with Crippen LogP contribution in [0.3, 0.4) is 0 Å². The average Bonchev–Trinajstić information content (AvgIpc) is 3.33. The van der Waals surface area contributed by atoms with Crippen molar-refractivity contribution in [3.63, 3.8) is 0 Å². The summed E-state index contributed by atoms with van der Waals surface area (Å²) in [6, 6.07) is 1.75. The van der Waals surface area contributed by atoms with Crippen molar-refractivity contribution in [2.75, 3.05) is 17.6 Å². The molecule has 4 N–H and O–H groups in total. The van der Waals surface area contributed by atoms with E-state index < -0.39 is 22.0 Å². The van der Waals surface area contributed by atoms with Gasteiger partial charge in [-0.25, -0.2) is 9.78 Å². The van der Waals surface area contributed by atoms with Crippen molar-refractivity contribution in [3.05, 3.63) is 35.6 Å². The third-order valence-electron chi connectivity index (χ3n) is 6.76. The molecular weight excluding hydrogens is 376 g/mol. The molecule has 3 aromatic rings. The highest BCUT2D eigenvalue weighted by Gasteiger charge is 2.80. The lowest BCUT2D eigenvalue weighted by Gasteiger charge is -2.76. The van der Waals surface area contributed by atoms with Crippen molar-refractivity contribution in [1.82, 2.24) is 25.0 Å². The number of hydrogen-bond acceptors (Lipinski definition) is 7. The van der Waals surface area contributed by atoms with Crippen molar-refractivity contribution in [3.8, 4) is 0 Å². The molecule has 1 aliphatic heterocycles. The number of hydroxylamine groups is 3. The van der Waals surface area contributed by atoms with E-state index in [1.807, 2.05) is 6.92 Å². The quantitative estimate of drug-likeness (QED) is 0.328. The Kier molecular flexibility index (Phi) is 3.30. The molecule has 150 valence electrons. The molecule has 2 aliphatic rings. The van der Waals surface area contributed by atoms with Crippen LogP contribution < -0.4 is 11.1 Å². The maximum absolute atomic E-state index is 13.8. The molecule has 5 rings (SSSR count). The average molecular weight is 396 g/mol. The Hall–Kier alpha value is -3.31. The van der Waals surface area contributed by atoms with E-state index in [0.717, 1.165) is 6.42 Å². The number of hydrogen-bond donors (Lipinski definition) is 3. The second kappa shape index (κ2) is 5.39. The summed E-state index contributed by atoms with van der Waals surface area (Å²) in [4.78, 5) is 29.9. The highest BCUT2D eigenvalue weighted by Crippen LogP contribution is 2.70. The van der Waals surface area contributed by atoms with Crippen LogP contribution in [-0.4, -0.2) is 48.0 Å². The third kappa shape index (κ3) is 1.95. The fourth-order valence-corrected chi connectivity index (χ4v) is 5.19. The van der Waals surface area contributed by atoms with Gasteiger partial charge in [0.25, 0.3) is 0 Å². The molecule has 1 aliphatic carbocycles. The van der Waals surface area contributed by atoms with Gasteiger partial charge >= 0.3 is 11.8 Å². The Morgan fingerprint density at radius 3 is 2.79 bits per heavy atom. The molecule has 3 atom stereocenters. The summed E-state index contributed by atoms with van der Waals surface area (Å²) in [5.41, 5.74) is 5.82. The Morgan fingerprint density at radius 2 is 2.17 bits per heavy atom. The van der Waals surface area contributed by atoms with Crippen LogP contribution in [0, 0.1) is 10.6 Å². The second-order valence-electron chi connectivity index (χ2n) is 8.13. The minimum absolute atomic E-state index is 0.0594. The SMILES string of the molecule is Cn1nccc1[C@]12CC[C@@]1(C)C[N+]2([O-])C(=O)C(=O)Nc1cnc(N)c2cn[nH]c12. The van der Waals surface area contributed by atoms with Crippen LogP contribution in [0.2, 0.25) is 0 Å². The smallest absolute Gasteiger partial charge is 0.404 e. The molecule has 4 heterocycles. The van der Waals surface area contributed by atoms with E-state index in [-0.39, 0.29) is 23.5 Å². The summed E-state index contributed by atoms with van der Waals surface area (Å²) in [7, 11) is 1.74. The van der Waals surface area contributed by atoms with E-state index in [1.54, 1.807) is 24.0 Å². The highest BCUT2D eigenvalue weighted by molar-refractivity contribution is 6.37. The molecule has 0 aromatic carbocycles. The first-order valence-electron chi connectivity index (χ1n) is 9.25. The van der Waals surface area contributed by atoms with Crippen LogP contribution in [0.15, 0.2) is 24.7 Å². The number of aromatic amines is 1. The van der Waals surface area contributed by atoms with Gasteiger partial charge in [0.15, 0.2) is 5.54 Å². The van der Waals surface area contributed by atoms with Crippen LogP contribution in [-0.2, 0) is 22.2 Å². The van der Waals surface area contributed by atoms with Gasteiger partial charge in [0.2, 0.25) is 0 Å². The van der Waals surface area contributed by atoms with Crippen molar-refractivity contribution >= 4 is 34.2 Å². The molecule has 0 radical (unpaired) electrons. The monoisotopic (exact) mass is 396 g/mol. The number of piperidine rings is 1. The van der Waals surface area contributed by atoms with Crippen molar-refractivity contribution in [1.29, 1.82) is 0 Å². The third-order valence-corrected chi connectivity index (χ3v) is 6.76. The second-order valence-corrected chi connectivity index (χ2v) is 8.13. The summed E-state index contributed by atoms with van der Waals surface area (Å²) in [6.07, 6.45) is 5.76. The predicted octanol–water partition coefficient (Wildman–Crippen LogP) is 0.762. The first-order valence-corrected chi connectivity index (χ1v) is 9.25. The molecular formula is C18H20N8O3. The summed E-state index contributed by atoms with van der Waals surface area (Å²) in [5.74, 6) is -1.78. The molecule has 1 saturated heterocycles. The molecule has 29 heavy (non-hydrogen) atoms. The number of quaternary nitrogens is 1. The standard InChI is InChI=1S/C18H20N8O3/c1-17-4-5-18(17,12-3-6-22-25(12)2)26(29,9-17)16(28)15(27)23-11-8-20-14(19)10-7-21-24-13(10)11/h3,6-8H,4-5,9H2,1-2H3,(H2,19,20)(H,21,24)(H,23,27)/t17-,18+,26?/m0/s1. The van der Waals surface area contributed by atoms with E-state index in [1.165, 1.54) is 12.4 Å². The van der Waals surface area contributed by atoms with Gasteiger partial charge < -0.3 is 16.3 Å². The number of H-pyrrole nitrogens is 1. The number of fused-ring (bicyclic) bond motifs is 2. The molecule has 11 nitrogen and oxygen atoms in total. The van der Waals surface area contributed by atoms with E-state index in [9.17, 15) is 14.8 Å². The Balaban J connectivity index is 1.48. The number of pyridine rings is 1. The normalized spacial score (nSPS) is 30.3. The molecule has 11 heteroatoms. The van der Waals surface area contributed by atoms with E-state index in [0.29, 0.717) is 23.0 Å². The van der Waals surface area contributed by atoms with Crippen LogP contribution in [0.25, 0.3) is 10.9 Å². The van der Waals surface area contributed by atoms with Crippen molar-refractivity contribution in [2.45, 2.75) is 25.3 Å². The summed E-state index contributed by atoms with van der Waals surface area (Å²) in [6.45, 7) is 2.05. The Bertz CT molecular complexity index is 1180. The fraction of sp³-hybridized carbons (Fsp3) is 0.389. The van der Waals surface area contributed by atoms with E-state index in [4.69, 9.17) is 5.73 Å². The number of nitrogens with one attached hydrogen (secondary N) is 2. The van der Waals surface area contributed by atoms with Crippen molar-refractivity contribution < 1.29 is 14.2 Å². The zero-order chi connectivity index (χ0) is 20.6. The van der Waals surface area contributed by atoms with Crippen LogP contribution in [0.4, 0.5) is 11.5 Å². The summed E-state index contributed by atoms with van der Waals surface area (Å²) >= 11 is 0. The maximum atomic E-state index is 13.8. The Morgan fingerprint density at radius 1 is 1.38 bits per heavy atom. The number of carbonyl (C=O) groups is 2. The zero-order valence-electron chi connectivity index (χ0n) is 16.0. The topological polar surface area (TPSA) is 155 Å². The first kappa shape index (κ1) is 17.8. The number of nitrogens with two attached hydrogens (primary N) is 1. The van der Waals surface area contributed by atoms with Gasteiger partial charge in [-0.15, -0.1) is 0 Å². The Labute approximate surface area is 165 Å². The molecule has 0 bridgehead atoms. The lowest BCUT2D eigenvalue weighted by Crippen LogP contribution is -2.87. The van der Waals surface area contributed by atoms with Gasteiger partial charge in [0.05, 0.1) is 40.9 Å². The maximum Gasteiger partial charge on any atom is 0.404 e. The first-order chi connectivity index (χ1) is 13.7. The molecule has 3 aromatic heterocycles. The number of anilines is 2. The summed E-state index contributed by atoms with van der Waals surface area (Å²) < 4.78 is 0.397. The highest BCUT2D eigenvalue weighted by atomic mass is 16.6. The van der Waals surface area contributed by atoms with Gasteiger partial charge in [-0.3, -0.25) is 19.2 Å². The summed E-state index contributed by atoms with van der Waals surface area (Å²) in [5, 5.41) is 27.6. The number of nitrogen functional groups attached to an aromatic ring is 1.